The first kappa shape index (κ1) is 107. The van der Waals surface area contributed by atoms with Gasteiger partial charge in [-0.25, -0.2) is 19.2 Å². The van der Waals surface area contributed by atoms with E-state index in [-0.39, 0.29) is 111 Å². The van der Waals surface area contributed by atoms with Crippen molar-refractivity contribution < 1.29 is 110 Å². The summed E-state index contributed by atoms with van der Waals surface area (Å²) in [6.07, 6.45) is -3.72. The van der Waals surface area contributed by atoms with Gasteiger partial charge in [-0.1, -0.05) is 128 Å². The topological polar surface area (TPSA) is 331 Å². The summed E-state index contributed by atoms with van der Waals surface area (Å²) >= 11 is 0. The quantitative estimate of drug-likeness (QED) is 0.0304. The van der Waals surface area contributed by atoms with Gasteiger partial charge in [0.1, 0.15) is 71.9 Å². The largest absolute Gasteiger partial charge is 0.492 e. The summed E-state index contributed by atoms with van der Waals surface area (Å²) in [6.45, 7) is 44.9. The maximum Gasteiger partial charge on any atom is 0.411 e. The molecule has 720 valence electrons. The minimum atomic E-state index is -1.38. The Morgan fingerprint density at radius 2 is 0.562 bits per heavy atom. The van der Waals surface area contributed by atoms with E-state index in [1.54, 1.807) is 95.2 Å². The molecule has 0 aromatic heterocycles. The van der Waals surface area contributed by atoms with Crippen LogP contribution in [0.2, 0.25) is 0 Å². The van der Waals surface area contributed by atoms with Crippen LogP contribution in [0.15, 0.2) is 134 Å². The van der Waals surface area contributed by atoms with Crippen LogP contribution in [0, 0.1) is 0 Å². The van der Waals surface area contributed by atoms with Crippen molar-refractivity contribution in [3.8, 4) is 0 Å². The van der Waals surface area contributed by atoms with Gasteiger partial charge in [-0.2, -0.15) is 0 Å². The number of carbonyl (C=O) groups is 11. The monoisotopic (exact) mass is 1820 g/mol. The predicted octanol–water partition coefficient (Wildman–Crippen LogP) is 9.58. The third-order valence-electron chi connectivity index (χ3n) is 20.6. The van der Waals surface area contributed by atoms with Crippen molar-refractivity contribution in [3.63, 3.8) is 0 Å². The third-order valence-corrected chi connectivity index (χ3v) is 20.6. The number of rotatable bonds is 27. The van der Waals surface area contributed by atoms with E-state index < -0.39 is 130 Å². The Kier molecular flexibility index (Phi) is 41.1. The molecule has 0 bridgehead atoms. The van der Waals surface area contributed by atoms with Crippen LogP contribution >= 0.6 is 0 Å². The van der Waals surface area contributed by atoms with Gasteiger partial charge in [0.15, 0.2) is 18.2 Å². The Bertz CT molecular complexity index is 4150. The number of likely N-dealkylation sites (tertiary alicyclic amines) is 2. The van der Waals surface area contributed by atoms with Crippen LogP contribution in [0.4, 0.5) is 9.59 Å². The molecule has 6 atom stereocenters. The van der Waals surface area contributed by atoms with Crippen LogP contribution in [0.1, 0.15) is 161 Å². The minimum absolute atomic E-state index is 0.0198. The van der Waals surface area contributed by atoms with Crippen molar-refractivity contribution in [2.75, 3.05) is 157 Å². The number of nitrogens with zero attached hydrogens (tertiary/aromatic N) is 10. The molecule has 4 saturated heterocycles. The fourth-order valence-electron chi connectivity index (χ4n) is 15.3. The molecule has 0 N–H and O–H groups in total. The molecule has 33 nitrogen and oxygen atoms in total. The summed E-state index contributed by atoms with van der Waals surface area (Å²) in [6, 6.07) is 32.3. The standard InChI is InChI=1S/C49H73N5O11.C48H71N5O12/c1-36(63-47(3,4)5)30-50-22-23-51(32-41(56)64-48(6,7)8)24-25-52(33-42(57)65-49(9,10)11)27-29-53(28-26-50)43-40(62-37(2)55)31-54(46(59)61-35-39-20-16-13-17-21-39)44(43)45(58)60-34-38-18-14-12-15-19-38;1-35(54)62-43-38(29-53(45(59)61-34-37-19-15-12-16-20-37)42(43)44(58)60-33-36-17-13-11-14-18-36)52-27-25-50(31-40(56)64-47(5,6)7)23-21-49(30-39(55)63-46(2,3)4)22-24-51(26-28-52)32-41(57)65-48(8,9)10/h12-21,40,43-44H,1,22-35H2,2-11H3;11-20,38,42-43H,21-34H2,1-10H3/t40-,43+,44?;38-,42+,43+/m01/s1. The summed E-state index contributed by atoms with van der Waals surface area (Å²) in [5.41, 5.74) is -1.10. The van der Waals surface area contributed by atoms with Gasteiger partial charge in [0.05, 0.1) is 57.9 Å². The average Bonchev–Trinajstić information content (AvgIpc) is 1.63. The molecule has 4 aromatic rings. The number of carbonyl (C=O) groups excluding carboxylic acids is 11. The van der Waals surface area contributed by atoms with Crippen LogP contribution in [-0.2, 0) is 126 Å². The highest BCUT2D eigenvalue weighted by Crippen LogP contribution is 2.33. The zero-order chi connectivity index (χ0) is 95.9. The molecule has 4 aliphatic rings. The van der Waals surface area contributed by atoms with E-state index in [2.05, 4.69) is 11.5 Å². The van der Waals surface area contributed by atoms with E-state index >= 15 is 0 Å². The Morgan fingerprint density at radius 3 is 0.846 bits per heavy atom. The molecule has 4 aliphatic heterocycles. The van der Waals surface area contributed by atoms with Crippen molar-refractivity contribution in [1.29, 1.82) is 0 Å². The smallest absolute Gasteiger partial charge is 0.411 e. The summed E-state index contributed by atoms with van der Waals surface area (Å²) in [7, 11) is 0. The molecule has 33 heteroatoms. The zero-order valence-electron chi connectivity index (χ0n) is 80.4. The first-order valence-corrected chi connectivity index (χ1v) is 44.9. The van der Waals surface area contributed by atoms with E-state index in [4.69, 9.17) is 56.8 Å². The van der Waals surface area contributed by atoms with Crippen molar-refractivity contribution in [2.45, 2.75) is 235 Å². The van der Waals surface area contributed by atoms with Gasteiger partial charge in [0.25, 0.3) is 0 Å². The third kappa shape index (κ3) is 40.3. The van der Waals surface area contributed by atoms with E-state index in [1.165, 1.54) is 23.6 Å². The highest BCUT2D eigenvalue weighted by atomic mass is 16.6. The van der Waals surface area contributed by atoms with Crippen LogP contribution in [0.5, 0.6) is 0 Å². The molecular weight excluding hydrogens is 1670 g/mol. The summed E-state index contributed by atoms with van der Waals surface area (Å²) in [4.78, 5) is 168. The number of benzene rings is 4. The highest BCUT2D eigenvalue weighted by molar-refractivity contribution is 5.85. The number of esters is 9. The highest BCUT2D eigenvalue weighted by Gasteiger charge is 2.56. The molecule has 0 aliphatic carbocycles. The van der Waals surface area contributed by atoms with Crippen molar-refractivity contribution in [1.82, 2.24) is 49.0 Å². The van der Waals surface area contributed by atoms with Gasteiger partial charge in [-0.05, 0) is 147 Å². The van der Waals surface area contributed by atoms with Gasteiger partial charge >= 0.3 is 65.9 Å². The van der Waals surface area contributed by atoms with Crippen LogP contribution < -0.4 is 0 Å². The predicted molar refractivity (Wildman–Crippen MR) is 486 cm³/mol. The molecule has 0 saturated carbocycles. The molecule has 2 amide bonds. The summed E-state index contributed by atoms with van der Waals surface area (Å²) < 4.78 is 70.1. The lowest BCUT2D eigenvalue weighted by Gasteiger charge is -2.39. The van der Waals surface area contributed by atoms with Crippen molar-refractivity contribution >= 4 is 65.9 Å². The average molecular weight is 1820 g/mol. The lowest BCUT2D eigenvalue weighted by molar-refractivity contribution is -0.162. The van der Waals surface area contributed by atoms with Gasteiger partial charge in [0.2, 0.25) is 0 Å². The molecule has 130 heavy (non-hydrogen) atoms. The normalized spacial score (nSPS) is 20.2. The van der Waals surface area contributed by atoms with Crippen molar-refractivity contribution in [3.05, 3.63) is 156 Å². The van der Waals surface area contributed by atoms with Crippen LogP contribution in [-0.4, -0.2) is 342 Å². The first-order chi connectivity index (χ1) is 60.9. The molecule has 8 rings (SSSR count). The number of ether oxygens (including phenoxy) is 12. The molecule has 0 spiro atoms. The number of hydrogen-bond acceptors (Lipinski definition) is 31. The number of amides is 2. The minimum Gasteiger partial charge on any atom is -0.492 e. The Labute approximate surface area is 768 Å². The Morgan fingerprint density at radius 1 is 0.308 bits per heavy atom. The van der Waals surface area contributed by atoms with Crippen LogP contribution in [0.3, 0.4) is 0 Å². The Hall–Kier alpha value is -10.1. The summed E-state index contributed by atoms with van der Waals surface area (Å²) in [5, 5.41) is 0. The fraction of sp³-hybridized carbons (Fsp3) is 0.619. The second-order valence-electron chi connectivity index (χ2n) is 39.2. The zero-order valence-corrected chi connectivity index (χ0v) is 80.4. The maximum absolute atomic E-state index is 14.6. The first-order valence-electron chi connectivity index (χ1n) is 44.9. The second-order valence-corrected chi connectivity index (χ2v) is 39.2. The molecule has 4 heterocycles. The van der Waals surface area contributed by atoms with Crippen molar-refractivity contribution in [2.24, 2.45) is 0 Å². The van der Waals surface area contributed by atoms with Crippen LogP contribution in [0.25, 0.3) is 0 Å². The maximum atomic E-state index is 14.6. The molecule has 0 radical (unpaired) electrons. The molecular formula is C97H144N10O23. The van der Waals surface area contributed by atoms with Gasteiger partial charge in [-0.3, -0.25) is 82.6 Å². The lowest BCUT2D eigenvalue weighted by Crippen LogP contribution is -2.57. The van der Waals surface area contributed by atoms with Gasteiger partial charge in [0, 0.05) is 125 Å². The molecule has 1 unspecified atom stereocenters. The molecule has 4 fully saturated rings. The SMILES string of the molecule is C=C(CN1CCN(CC(=O)OC(C)(C)C)CCN(CC(=O)OC(C)(C)C)CCN([C@H]2C(C(=O)OCc3ccccc3)N(C(=O)OCc3ccccc3)C[C@@H]2OC(C)=O)CC1)OC(C)(C)C.CC(=O)O[C@H]1[C@H](N2CCN(CC(=O)OC(C)(C)C)CCN(CC(=O)OC(C)(C)C)CCN(CC(=O)OC(C)(C)C)CC2)CN(C(=O)OCc2ccccc2)[C@@H]1C(=O)OCc1ccccc1. The Balaban J connectivity index is 0.000000356. The van der Waals surface area contributed by atoms with Gasteiger partial charge in [-0.15, -0.1) is 0 Å². The fourth-order valence-corrected chi connectivity index (χ4v) is 15.3. The van der Waals surface area contributed by atoms with E-state index in [1.807, 2.05) is 185 Å². The lowest BCUT2D eigenvalue weighted by atomic mass is 10.0. The van der Waals surface area contributed by atoms with E-state index in [0.717, 1.165) is 22.3 Å². The van der Waals surface area contributed by atoms with E-state index in [9.17, 15) is 52.7 Å². The van der Waals surface area contributed by atoms with E-state index in [0.29, 0.717) is 84.3 Å². The second kappa shape index (κ2) is 49.9. The summed E-state index contributed by atoms with van der Waals surface area (Å²) in [5.74, 6) is -4.25. The number of hydrogen-bond donors (Lipinski definition) is 0. The van der Waals surface area contributed by atoms with Gasteiger partial charge < -0.3 is 56.8 Å². The molecule has 4 aromatic carbocycles.